The van der Waals surface area contributed by atoms with E-state index in [0.717, 1.165) is 154 Å². The molecule has 0 fully saturated rings. The van der Waals surface area contributed by atoms with Gasteiger partial charge in [0.25, 0.3) is 0 Å². The van der Waals surface area contributed by atoms with E-state index in [2.05, 4.69) is 125 Å². The standard InChI is InChI=1S/C65H112O17P2/c1-5-9-13-17-21-25-29-33-37-41-45-49-62(67)75-55-60(81-64(69)51-47-43-39-35-31-27-23-19-15-11-7-3)57-79-83(71,72)77-53-59(66)54-78-84(73,74)80-58-61(82-65(70)52-48-44-40-36-32-28-24-20-16-12-8-4)56-76-63(68)50-46-42-38-34-30-26-22-18-14-10-6-2/h9-16,21-28,59-61,66,71-74H,5-8,17-20,29-58H2,1-4H3/q+2/b13-9-,14-10-,15-11-,16-12-,25-21-,26-22-,27-23-,28-24-. The van der Waals surface area contributed by atoms with Crippen LogP contribution in [0.4, 0.5) is 0 Å². The minimum atomic E-state index is -4.70. The molecule has 0 spiro atoms. The molecule has 0 aliphatic heterocycles. The van der Waals surface area contributed by atoms with E-state index >= 15 is 0 Å². The molecule has 0 aliphatic carbocycles. The van der Waals surface area contributed by atoms with Gasteiger partial charge in [-0.15, -0.1) is 9.05 Å². The van der Waals surface area contributed by atoms with E-state index in [0.29, 0.717) is 25.7 Å². The van der Waals surface area contributed by atoms with Gasteiger partial charge in [0.15, 0.2) is 12.2 Å². The number of rotatable bonds is 58. The van der Waals surface area contributed by atoms with Crippen molar-refractivity contribution in [3.63, 3.8) is 0 Å². The number of unbranched alkanes of at least 4 members (excludes halogenated alkanes) is 16. The van der Waals surface area contributed by atoms with Gasteiger partial charge in [-0.25, -0.2) is 0 Å². The Morgan fingerprint density at radius 1 is 0.321 bits per heavy atom. The van der Waals surface area contributed by atoms with Crippen LogP contribution in [-0.4, -0.2) is 107 Å². The highest BCUT2D eigenvalue weighted by Gasteiger charge is 2.44. The molecule has 0 saturated carbocycles. The number of hydrogen-bond acceptors (Lipinski definition) is 17. The first kappa shape index (κ1) is 80.3. The van der Waals surface area contributed by atoms with E-state index in [4.69, 9.17) is 37.0 Å². The Morgan fingerprint density at radius 2 is 0.571 bits per heavy atom. The van der Waals surface area contributed by atoms with Crippen LogP contribution in [0, 0.1) is 0 Å². The Labute approximate surface area is 507 Å². The largest absolute Gasteiger partial charge is 0.570 e. The van der Waals surface area contributed by atoms with Crippen molar-refractivity contribution in [1.29, 1.82) is 0 Å². The zero-order valence-corrected chi connectivity index (χ0v) is 53.7. The van der Waals surface area contributed by atoms with Crippen molar-refractivity contribution in [2.75, 3.05) is 39.6 Å². The lowest BCUT2D eigenvalue weighted by molar-refractivity contribution is -0.161. The fourth-order valence-electron chi connectivity index (χ4n) is 7.85. The second-order valence-electron chi connectivity index (χ2n) is 20.6. The fourth-order valence-corrected chi connectivity index (χ4v) is 9.45. The third kappa shape index (κ3) is 57.4. The number of aliphatic hydroxyl groups is 1. The summed E-state index contributed by atoms with van der Waals surface area (Å²) in [6.07, 6.45) is 55.5. The molecule has 0 aliphatic rings. The maximum atomic E-state index is 12.9. The molecule has 84 heavy (non-hydrogen) atoms. The monoisotopic (exact) mass is 1230 g/mol. The first-order valence-electron chi connectivity index (χ1n) is 31.5. The van der Waals surface area contributed by atoms with Gasteiger partial charge in [-0.05, 0) is 128 Å². The average molecular weight is 1230 g/mol. The summed E-state index contributed by atoms with van der Waals surface area (Å²) in [5, 5.41) is 10.6. The van der Waals surface area contributed by atoms with Gasteiger partial charge in [0.05, 0.1) is 0 Å². The SMILES string of the molecule is CC/C=C\C/C=C\CCCCCCC(=O)OCC(CO[P+](O)(O)OCC(O)CO[P+](O)(O)OCC(COC(=O)CCCCCC/C=C\C/C=C\CC)OC(=O)CCCCCC/C=C\C/C=C\CC)OC(=O)CCCCCC/C=C\C/C=C\CC. The van der Waals surface area contributed by atoms with E-state index in [1.54, 1.807) is 0 Å². The number of esters is 4. The summed E-state index contributed by atoms with van der Waals surface area (Å²) in [5.74, 6) is -2.18. The molecule has 5 N–H and O–H groups in total. The minimum Gasteiger partial charge on any atom is -0.462 e. The van der Waals surface area contributed by atoms with Crippen LogP contribution in [0.2, 0.25) is 0 Å². The summed E-state index contributed by atoms with van der Waals surface area (Å²) in [6, 6.07) is 0. The van der Waals surface area contributed by atoms with Gasteiger partial charge in [0.1, 0.15) is 45.7 Å². The molecule has 2 atom stereocenters. The highest BCUT2D eigenvalue weighted by atomic mass is 31.2. The number of carbonyl (C=O) groups is 4. The number of carbonyl (C=O) groups excluding carboxylic acids is 4. The molecule has 19 heteroatoms. The van der Waals surface area contributed by atoms with Crippen LogP contribution in [0.25, 0.3) is 0 Å². The number of hydrogen-bond donors (Lipinski definition) is 5. The van der Waals surface area contributed by atoms with Gasteiger partial charge in [0, 0.05) is 25.7 Å². The summed E-state index contributed by atoms with van der Waals surface area (Å²) in [6.45, 7) is 4.67. The molecular formula is C65H112O17P2+2. The molecule has 0 saturated heterocycles. The summed E-state index contributed by atoms with van der Waals surface area (Å²) in [5.41, 5.74) is 0. The lowest BCUT2D eigenvalue weighted by atomic mass is 10.1. The van der Waals surface area contributed by atoms with Crippen molar-refractivity contribution >= 4 is 40.2 Å². The molecule has 0 radical (unpaired) electrons. The molecule has 0 bridgehead atoms. The van der Waals surface area contributed by atoms with Crippen LogP contribution >= 0.6 is 16.3 Å². The molecule has 482 valence electrons. The molecule has 0 aromatic heterocycles. The second kappa shape index (κ2) is 58.3. The maximum Gasteiger partial charge on any atom is 0.570 e. The van der Waals surface area contributed by atoms with Gasteiger partial charge in [-0.2, -0.15) is 28.6 Å². The van der Waals surface area contributed by atoms with Gasteiger partial charge < -0.3 is 24.1 Å². The van der Waals surface area contributed by atoms with Gasteiger partial charge >= 0.3 is 40.2 Å². The van der Waals surface area contributed by atoms with Crippen molar-refractivity contribution in [1.82, 2.24) is 0 Å². The molecule has 0 amide bonds. The molecule has 0 heterocycles. The number of ether oxygens (including phenoxy) is 4. The molecule has 0 rings (SSSR count). The summed E-state index contributed by atoms with van der Waals surface area (Å²) < 4.78 is 42.5. The summed E-state index contributed by atoms with van der Waals surface area (Å²) in [7, 11) is -9.40. The van der Waals surface area contributed by atoms with Crippen LogP contribution < -0.4 is 0 Å². The summed E-state index contributed by atoms with van der Waals surface area (Å²) >= 11 is 0. The first-order valence-corrected chi connectivity index (χ1v) is 34.6. The minimum absolute atomic E-state index is 0.0877. The predicted octanol–water partition coefficient (Wildman–Crippen LogP) is 15.7. The third-order valence-electron chi connectivity index (χ3n) is 12.6. The molecule has 0 aromatic carbocycles. The Kier molecular flexibility index (Phi) is 55.8. The summed E-state index contributed by atoms with van der Waals surface area (Å²) in [4.78, 5) is 93.6. The lowest BCUT2D eigenvalue weighted by Crippen LogP contribution is -2.31. The van der Waals surface area contributed by atoms with Crippen LogP contribution in [0.3, 0.4) is 0 Å². The van der Waals surface area contributed by atoms with Crippen molar-refractivity contribution in [3.8, 4) is 0 Å². The predicted molar refractivity (Wildman–Crippen MR) is 338 cm³/mol. The molecule has 0 aromatic rings. The van der Waals surface area contributed by atoms with E-state index in [1.807, 2.05) is 0 Å². The zero-order chi connectivity index (χ0) is 61.9. The number of allylic oxidation sites excluding steroid dienone is 16. The zero-order valence-electron chi connectivity index (χ0n) is 51.9. The third-order valence-corrected chi connectivity index (χ3v) is 14.5. The van der Waals surface area contributed by atoms with E-state index < -0.39 is 98.2 Å². The van der Waals surface area contributed by atoms with Crippen molar-refractivity contribution < 1.29 is 80.9 Å². The van der Waals surface area contributed by atoms with Crippen molar-refractivity contribution in [3.05, 3.63) is 97.2 Å². The van der Waals surface area contributed by atoms with Crippen molar-refractivity contribution in [2.45, 2.75) is 251 Å². The topological polar surface area (TPSA) is 243 Å². The van der Waals surface area contributed by atoms with Gasteiger partial charge in [-0.1, -0.05) is 176 Å². The van der Waals surface area contributed by atoms with E-state index in [1.165, 1.54) is 0 Å². The van der Waals surface area contributed by atoms with Gasteiger partial charge in [-0.3, -0.25) is 19.2 Å². The van der Waals surface area contributed by atoms with Crippen molar-refractivity contribution in [2.24, 2.45) is 0 Å². The Hall–Kier alpha value is -3.70. The van der Waals surface area contributed by atoms with E-state index in [-0.39, 0.29) is 25.7 Å². The maximum absolute atomic E-state index is 12.9. The van der Waals surface area contributed by atoms with Crippen LogP contribution in [-0.2, 0) is 56.2 Å². The highest BCUT2D eigenvalue weighted by molar-refractivity contribution is 7.54. The highest BCUT2D eigenvalue weighted by Crippen LogP contribution is 2.54. The Morgan fingerprint density at radius 3 is 0.857 bits per heavy atom. The molecule has 17 nitrogen and oxygen atoms in total. The molecule has 2 unspecified atom stereocenters. The quantitative estimate of drug-likeness (QED) is 0.0125. The normalized spacial score (nSPS) is 13.8. The second-order valence-corrected chi connectivity index (χ2v) is 23.6. The molecular weight excluding hydrogens is 1110 g/mol. The lowest BCUT2D eigenvalue weighted by Gasteiger charge is -2.19. The van der Waals surface area contributed by atoms with Crippen LogP contribution in [0.5, 0.6) is 0 Å². The first-order chi connectivity index (χ1) is 40.7. The van der Waals surface area contributed by atoms with Crippen LogP contribution in [0.15, 0.2) is 97.2 Å². The van der Waals surface area contributed by atoms with Crippen LogP contribution in [0.1, 0.15) is 233 Å². The average Bonchev–Trinajstić information content (AvgIpc) is 3.58. The Balaban J connectivity index is 5.33. The number of aliphatic hydroxyl groups excluding tert-OH is 1. The van der Waals surface area contributed by atoms with E-state index in [9.17, 15) is 43.9 Å². The van der Waals surface area contributed by atoms with Gasteiger partial charge in [0.2, 0.25) is 0 Å². The Bertz CT molecular complexity index is 1730. The smallest absolute Gasteiger partial charge is 0.462 e. The fraction of sp³-hybridized carbons (Fsp3) is 0.692.